The number of aliphatic hydroxyl groups is 1. The van der Waals surface area contributed by atoms with Crippen molar-refractivity contribution in [3.05, 3.63) is 11.1 Å². The quantitative estimate of drug-likeness (QED) is 0.357. The highest BCUT2D eigenvalue weighted by atomic mass is 16.6. The van der Waals surface area contributed by atoms with Crippen molar-refractivity contribution in [2.45, 2.75) is 137 Å². The van der Waals surface area contributed by atoms with E-state index in [1.54, 1.807) is 0 Å². The summed E-state index contributed by atoms with van der Waals surface area (Å²) < 4.78 is 5.90. The van der Waals surface area contributed by atoms with Crippen LogP contribution in [0.5, 0.6) is 0 Å². The average Bonchev–Trinajstić information content (AvgIpc) is 3.22. The van der Waals surface area contributed by atoms with Crippen molar-refractivity contribution in [2.24, 2.45) is 39.4 Å². The molecule has 2 saturated carbocycles. The Balaban J connectivity index is 1.41. The monoisotopic (exact) mass is 442 g/mol. The van der Waals surface area contributed by atoms with Crippen molar-refractivity contribution < 1.29 is 9.84 Å². The number of ether oxygens (including phenoxy) is 1. The molecule has 5 rings (SSSR count). The minimum Gasteiger partial charge on any atom is -0.393 e. The molecule has 3 fully saturated rings. The predicted molar refractivity (Wildman–Crippen MR) is 132 cm³/mol. The van der Waals surface area contributed by atoms with Gasteiger partial charge in [-0.3, -0.25) is 0 Å². The zero-order valence-corrected chi connectivity index (χ0v) is 22.3. The van der Waals surface area contributed by atoms with Crippen LogP contribution in [0, 0.1) is 39.4 Å². The minimum absolute atomic E-state index is 0.0402. The number of rotatable bonds is 4. The molecule has 1 N–H and O–H groups in total. The van der Waals surface area contributed by atoms with Crippen LogP contribution in [0.25, 0.3) is 0 Å². The van der Waals surface area contributed by atoms with E-state index in [0.29, 0.717) is 28.3 Å². The Morgan fingerprint density at radius 3 is 2.25 bits per heavy atom. The summed E-state index contributed by atoms with van der Waals surface area (Å²) in [5.74, 6) is 2.27. The van der Waals surface area contributed by atoms with E-state index in [9.17, 15) is 5.11 Å². The average molecular weight is 443 g/mol. The van der Waals surface area contributed by atoms with E-state index in [4.69, 9.17) is 4.74 Å². The number of fused-ring (bicyclic) bond motifs is 4. The summed E-state index contributed by atoms with van der Waals surface area (Å²) in [6.07, 6.45) is 13.1. The third kappa shape index (κ3) is 3.03. The highest BCUT2D eigenvalue weighted by Gasteiger charge is 2.63. The summed E-state index contributed by atoms with van der Waals surface area (Å²) >= 11 is 0. The van der Waals surface area contributed by atoms with Gasteiger partial charge in [0.25, 0.3) is 0 Å². The summed E-state index contributed by atoms with van der Waals surface area (Å²) in [7, 11) is 0. The summed E-state index contributed by atoms with van der Waals surface area (Å²) in [5.41, 5.74) is 5.01. The molecule has 4 aliphatic carbocycles. The largest absolute Gasteiger partial charge is 0.393 e. The lowest BCUT2D eigenvalue weighted by Gasteiger charge is -2.62. The maximum atomic E-state index is 10.8. The second-order valence-electron chi connectivity index (χ2n) is 14.5. The molecule has 0 bridgehead atoms. The SMILES string of the molecule is C[C@H](CCC1OC1(C)C)[C@H]1CC[C@@]2(C)C3=C(CC[C@]12C)[C@@]1(C)CC[C@H](O)C(C)(C)[C@@H]1CC3. The molecule has 0 aromatic rings. The van der Waals surface area contributed by atoms with Crippen LogP contribution in [-0.2, 0) is 4.74 Å². The molecule has 5 aliphatic rings. The highest BCUT2D eigenvalue weighted by molar-refractivity contribution is 5.38. The van der Waals surface area contributed by atoms with Crippen molar-refractivity contribution >= 4 is 0 Å². The third-order valence-corrected chi connectivity index (χ3v) is 12.5. The normalized spacial score (nSPS) is 49.8. The zero-order valence-electron chi connectivity index (χ0n) is 22.3. The maximum Gasteiger partial charge on any atom is 0.0892 e. The Morgan fingerprint density at radius 2 is 1.59 bits per heavy atom. The Labute approximate surface area is 198 Å². The first-order valence-corrected chi connectivity index (χ1v) is 13.9. The van der Waals surface area contributed by atoms with Crippen LogP contribution in [0.1, 0.15) is 120 Å². The van der Waals surface area contributed by atoms with Gasteiger partial charge < -0.3 is 9.84 Å². The van der Waals surface area contributed by atoms with Gasteiger partial charge in [-0.2, -0.15) is 0 Å². The number of epoxide rings is 1. The van der Waals surface area contributed by atoms with Gasteiger partial charge in [0.15, 0.2) is 0 Å². The van der Waals surface area contributed by atoms with Gasteiger partial charge >= 0.3 is 0 Å². The molecule has 2 heteroatoms. The van der Waals surface area contributed by atoms with E-state index in [2.05, 4.69) is 55.4 Å². The Kier molecular flexibility index (Phi) is 5.19. The van der Waals surface area contributed by atoms with Crippen molar-refractivity contribution in [2.75, 3.05) is 0 Å². The van der Waals surface area contributed by atoms with Crippen LogP contribution < -0.4 is 0 Å². The van der Waals surface area contributed by atoms with Gasteiger partial charge in [-0.1, -0.05) is 52.7 Å². The first kappa shape index (κ1) is 23.4. The second kappa shape index (κ2) is 7.09. The van der Waals surface area contributed by atoms with E-state index in [-0.39, 0.29) is 17.1 Å². The predicted octanol–water partition coefficient (Wildman–Crippen LogP) is 7.69. The number of aliphatic hydroxyl groups excluding tert-OH is 1. The number of hydrogen-bond acceptors (Lipinski definition) is 2. The summed E-state index contributed by atoms with van der Waals surface area (Å²) in [6.45, 7) is 19.6. The summed E-state index contributed by atoms with van der Waals surface area (Å²) in [4.78, 5) is 0. The van der Waals surface area contributed by atoms with Crippen molar-refractivity contribution in [1.82, 2.24) is 0 Å². The zero-order chi connectivity index (χ0) is 23.3. The molecule has 1 aliphatic heterocycles. The van der Waals surface area contributed by atoms with Crippen molar-refractivity contribution in [3.63, 3.8) is 0 Å². The van der Waals surface area contributed by atoms with Gasteiger partial charge in [-0.15, -0.1) is 0 Å². The van der Waals surface area contributed by atoms with Crippen LogP contribution in [0.15, 0.2) is 11.1 Å². The number of allylic oxidation sites excluding steroid dienone is 2. The first-order chi connectivity index (χ1) is 14.8. The fourth-order valence-corrected chi connectivity index (χ4v) is 9.98. The molecule has 0 amide bonds. The summed E-state index contributed by atoms with van der Waals surface area (Å²) in [5, 5.41) is 10.8. The van der Waals surface area contributed by atoms with Crippen LogP contribution >= 0.6 is 0 Å². The van der Waals surface area contributed by atoms with E-state index in [0.717, 1.165) is 18.3 Å². The smallest absolute Gasteiger partial charge is 0.0892 e. The van der Waals surface area contributed by atoms with Crippen molar-refractivity contribution in [1.29, 1.82) is 0 Å². The third-order valence-electron chi connectivity index (χ3n) is 12.5. The molecule has 2 nitrogen and oxygen atoms in total. The lowest BCUT2D eigenvalue weighted by Crippen LogP contribution is -2.55. The Morgan fingerprint density at radius 1 is 0.906 bits per heavy atom. The fourth-order valence-electron chi connectivity index (χ4n) is 9.98. The lowest BCUT2D eigenvalue weighted by atomic mass is 9.43. The molecule has 1 unspecified atom stereocenters. The topological polar surface area (TPSA) is 32.8 Å². The number of hydrogen-bond donors (Lipinski definition) is 1. The second-order valence-corrected chi connectivity index (χ2v) is 14.5. The molecule has 0 spiro atoms. The Hall–Kier alpha value is -0.340. The van der Waals surface area contributed by atoms with Crippen LogP contribution in [0.2, 0.25) is 0 Å². The molecule has 8 atom stereocenters. The van der Waals surface area contributed by atoms with Crippen LogP contribution in [-0.4, -0.2) is 22.9 Å². The van der Waals surface area contributed by atoms with Gasteiger partial charge in [0.05, 0.1) is 17.8 Å². The Bertz CT molecular complexity index is 808. The highest BCUT2D eigenvalue weighted by Crippen LogP contribution is 2.72. The van der Waals surface area contributed by atoms with E-state index in [1.807, 2.05) is 11.1 Å². The molecule has 0 radical (unpaired) electrons. The molecule has 182 valence electrons. The van der Waals surface area contributed by atoms with Gasteiger partial charge in [-0.05, 0) is 117 Å². The summed E-state index contributed by atoms with van der Waals surface area (Å²) in [6, 6.07) is 0. The van der Waals surface area contributed by atoms with Gasteiger partial charge in [0.1, 0.15) is 0 Å². The van der Waals surface area contributed by atoms with Gasteiger partial charge in [0, 0.05) is 0 Å². The van der Waals surface area contributed by atoms with E-state index >= 15 is 0 Å². The van der Waals surface area contributed by atoms with Crippen LogP contribution in [0.3, 0.4) is 0 Å². The lowest BCUT2D eigenvalue weighted by molar-refractivity contribution is -0.0962. The van der Waals surface area contributed by atoms with E-state index < -0.39 is 0 Å². The van der Waals surface area contributed by atoms with Gasteiger partial charge in [0.2, 0.25) is 0 Å². The standard InChI is InChI=1S/C30H50O2/c1-19(9-12-25-27(4,5)32-25)20-13-17-30(8)22-10-11-23-26(2,3)24(31)15-16-28(23,6)21(22)14-18-29(20,30)7/h19-20,23-25,31H,9-18H2,1-8H3/t19-,20-,23+,24+,25?,28-,29-,30+/m1/s1. The van der Waals surface area contributed by atoms with Crippen LogP contribution in [0.4, 0.5) is 0 Å². The van der Waals surface area contributed by atoms with E-state index in [1.165, 1.54) is 57.8 Å². The molecule has 0 aromatic heterocycles. The van der Waals surface area contributed by atoms with Crippen molar-refractivity contribution in [3.8, 4) is 0 Å². The minimum atomic E-state index is -0.135. The molecule has 1 heterocycles. The molecular weight excluding hydrogens is 392 g/mol. The molecule has 0 aromatic carbocycles. The maximum absolute atomic E-state index is 10.8. The molecule has 1 saturated heterocycles. The molecule has 32 heavy (non-hydrogen) atoms. The fraction of sp³-hybridized carbons (Fsp3) is 0.933. The first-order valence-electron chi connectivity index (χ1n) is 13.9. The van der Waals surface area contributed by atoms with Gasteiger partial charge in [-0.25, -0.2) is 0 Å². The molecular formula is C30H50O2.